The van der Waals surface area contributed by atoms with Crippen LogP contribution in [0.3, 0.4) is 0 Å². The first-order chi connectivity index (χ1) is 30.2. The summed E-state index contributed by atoms with van der Waals surface area (Å²) in [5.74, 6) is 0. The molecule has 0 unspecified atom stereocenters. The summed E-state index contributed by atoms with van der Waals surface area (Å²) < 4.78 is 123. The molecule has 0 spiro atoms. The van der Waals surface area contributed by atoms with E-state index in [1.165, 1.54) is 109 Å². The van der Waals surface area contributed by atoms with Gasteiger partial charge in [-0.2, -0.15) is 26.3 Å². The van der Waals surface area contributed by atoms with E-state index < -0.39 is 31.3 Å². The molecule has 0 amide bonds. The number of nitrogens with one attached hydrogen (secondary N) is 3. The smallest absolute Gasteiger partial charge is 0.741 e. The van der Waals surface area contributed by atoms with Crippen molar-refractivity contribution in [2.24, 2.45) is 15.0 Å². The monoisotopic (exact) mass is 1010 g/mol. The van der Waals surface area contributed by atoms with E-state index >= 15 is 0 Å². The van der Waals surface area contributed by atoms with Gasteiger partial charge in [0, 0.05) is 69.6 Å². The Labute approximate surface area is 388 Å². The summed E-state index contributed by atoms with van der Waals surface area (Å²) in [6, 6.07) is 1.78. The van der Waals surface area contributed by atoms with Gasteiger partial charge >= 0.3 is 27.8 Å². The van der Waals surface area contributed by atoms with Crippen LogP contribution < -0.4 is 16.0 Å². The largest absolute Gasteiger partial charge is 3.00 e. The van der Waals surface area contributed by atoms with Crippen LogP contribution in [0.1, 0.15) is 109 Å². The summed E-state index contributed by atoms with van der Waals surface area (Å²) >= 11 is 0. The molecule has 3 saturated carbocycles. The van der Waals surface area contributed by atoms with Crippen molar-refractivity contribution in [2.75, 3.05) is 32.8 Å². The zero-order valence-corrected chi connectivity index (χ0v) is 38.7. The number of alkyl halides is 6. The van der Waals surface area contributed by atoms with E-state index in [4.69, 9.17) is 45.7 Å². The molecule has 0 radical (unpaired) electrons. The summed E-state index contributed by atoms with van der Waals surface area (Å²) in [5, 5.41) is 10.9. The van der Waals surface area contributed by atoms with Crippen LogP contribution in [0.5, 0.6) is 0 Å². The minimum Gasteiger partial charge on any atom is -0.741 e. The molecule has 366 valence electrons. The van der Waals surface area contributed by atoms with Crippen LogP contribution in [-0.2, 0) is 41.8 Å². The maximum Gasteiger partial charge on any atom is 3.00 e. The zero-order chi connectivity index (χ0) is 46.6. The van der Waals surface area contributed by atoms with Crippen molar-refractivity contribution < 1.29 is 73.8 Å². The maximum atomic E-state index is 10.7. The second-order valence-electron chi connectivity index (χ2n) is 16.3. The normalized spacial score (nSPS) is 22.6. The third kappa shape index (κ3) is 21.9. The Kier molecular flexibility index (Phi) is 23.7. The van der Waals surface area contributed by atoms with Crippen LogP contribution >= 0.6 is 0 Å². The summed E-state index contributed by atoms with van der Waals surface area (Å²) in [4.78, 5) is 17.3. The number of hydrogen-bond acceptors (Lipinski definition) is 14. The van der Waals surface area contributed by atoms with Crippen molar-refractivity contribution in [3.8, 4) is 0 Å². The molecule has 23 heteroatoms. The molecule has 3 N–H and O–H groups in total. The SMILES string of the molecule is C1=C/C(=C\NC2CCCCC2)N=C1CN(CC1=N/C(=C/NC2CCCCC2)C=C1)CC1=N/C(=C/NC2CCCCC2)C=C1.C1CCOC1.O=S(=O)([O-])C(F)(F)F.O=S(=O)([O-])C(F)(F)F.[Co+3]. The number of rotatable bonds is 12. The molecule has 7 aliphatic rings. The number of halogens is 6. The predicted molar refractivity (Wildman–Crippen MR) is 232 cm³/mol. The van der Waals surface area contributed by atoms with Gasteiger partial charge in [-0.25, -0.2) is 16.8 Å². The molecule has 0 aromatic carbocycles. The van der Waals surface area contributed by atoms with Crippen molar-refractivity contribution in [1.82, 2.24) is 20.9 Å². The third-order valence-electron chi connectivity index (χ3n) is 10.9. The van der Waals surface area contributed by atoms with E-state index in [0.29, 0.717) is 18.1 Å². The maximum absolute atomic E-state index is 10.7. The number of hydrogen-bond donors (Lipinski definition) is 3. The molecule has 4 fully saturated rings. The molecule has 4 heterocycles. The van der Waals surface area contributed by atoms with Crippen LogP contribution in [-0.4, -0.2) is 110 Å². The summed E-state index contributed by atoms with van der Waals surface area (Å²) in [6.45, 7) is 4.28. The van der Waals surface area contributed by atoms with Gasteiger partial charge in [-0.3, -0.25) is 19.9 Å². The molecule has 65 heavy (non-hydrogen) atoms. The van der Waals surface area contributed by atoms with E-state index in [-0.39, 0.29) is 16.8 Å². The van der Waals surface area contributed by atoms with Crippen LogP contribution in [0, 0.1) is 0 Å². The molecule has 0 aromatic rings. The molecule has 3 aliphatic carbocycles. The van der Waals surface area contributed by atoms with Gasteiger partial charge in [0.25, 0.3) is 0 Å². The summed E-state index contributed by atoms with van der Waals surface area (Å²) in [6.07, 6.45) is 41.5. The Morgan fingerprint density at radius 2 is 0.785 bits per heavy atom. The van der Waals surface area contributed by atoms with E-state index in [1.807, 2.05) is 0 Å². The second-order valence-corrected chi connectivity index (χ2v) is 19.0. The van der Waals surface area contributed by atoms with Gasteiger partial charge in [0.05, 0.1) is 34.2 Å². The summed E-state index contributed by atoms with van der Waals surface area (Å²) in [5.41, 5.74) is -4.96. The number of allylic oxidation sites excluding steroid dienone is 3. The minimum atomic E-state index is -6.09. The van der Waals surface area contributed by atoms with E-state index in [2.05, 4.69) is 75.9 Å². The van der Waals surface area contributed by atoms with E-state index in [9.17, 15) is 26.3 Å². The quantitative estimate of drug-likeness (QED) is 0.0993. The first kappa shape index (κ1) is 56.0. The molecular formula is C42H59CoF6N7O7S2+. The number of ether oxygens (including phenoxy) is 1. The Bertz CT molecular complexity index is 1810. The average Bonchev–Trinajstić information content (AvgIpc) is 4.10. The molecule has 7 rings (SSSR count). The van der Waals surface area contributed by atoms with Crippen molar-refractivity contribution in [2.45, 2.75) is 138 Å². The first-order valence-corrected chi connectivity index (χ1v) is 24.6. The van der Waals surface area contributed by atoms with Gasteiger partial charge in [0.1, 0.15) is 0 Å². The Hall–Kier alpha value is -3.32. The van der Waals surface area contributed by atoms with E-state index in [1.54, 1.807) is 0 Å². The topological polar surface area (TPSA) is 200 Å². The van der Waals surface area contributed by atoms with Gasteiger partial charge in [-0.05, 0) is 87.8 Å². The third-order valence-corrected chi connectivity index (χ3v) is 12.1. The fraction of sp³-hybridized carbons (Fsp3) is 0.643. The van der Waals surface area contributed by atoms with Crippen LogP contribution in [0.4, 0.5) is 26.3 Å². The Morgan fingerprint density at radius 3 is 1.00 bits per heavy atom. The Morgan fingerprint density at radius 1 is 0.523 bits per heavy atom. The fourth-order valence-corrected chi connectivity index (χ4v) is 7.55. The molecule has 0 aromatic heterocycles. The molecule has 4 aliphatic heterocycles. The standard InChI is InChI=1S/C36H51N7.C4H8O.2CHF3O3S.Co/c1-4-10-28(11-5-1)37-22-31-16-19-34(40-31)25-43(26-35-20-17-32(41-35)23-38-29-12-6-2-7-13-29)27-36-21-18-33(42-36)24-39-30-14-8-3-9-15-30;1-2-4-5-3-1;2*2-1(3,4)8(5,6)7;/h16-24,28-30,37-39H,1-15,25-27H2;1-4H2;2*(H,5,6,7);/q;;;;+3/p-2/b31-22+,32-23+,33-24+;;;;. The average molecular weight is 1010 g/mol. The van der Waals surface area contributed by atoms with Gasteiger partial charge in [-0.15, -0.1) is 0 Å². The van der Waals surface area contributed by atoms with Crippen molar-refractivity contribution in [3.63, 3.8) is 0 Å². The molecule has 14 nitrogen and oxygen atoms in total. The number of nitrogens with zero attached hydrogens (tertiary/aromatic N) is 4. The van der Waals surface area contributed by atoms with Crippen molar-refractivity contribution in [3.05, 3.63) is 72.1 Å². The fourth-order valence-electron chi connectivity index (χ4n) is 7.55. The van der Waals surface area contributed by atoms with Gasteiger partial charge in [-0.1, -0.05) is 57.8 Å². The predicted octanol–water partition coefficient (Wildman–Crippen LogP) is 7.51. The van der Waals surface area contributed by atoms with Gasteiger partial charge in [0.2, 0.25) is 0 Å². The molecular weight excluding hydrogens is 952 g/mol. The molecule has 0 atom stereocenters. The minimum absolute atomic E-state index is 0. The van der Waals surface area contributed by atoms with Crippen molar-refractivity contribution in [1.29, 1.82) is 0 Å². The second kappa shape index (κ2) is 27.5. The van der Waals surface area contributed by atoms with Gasteiger partial charge < -0.3 is 29.8 Å². The van der Waals surface area contributed by atoms with Crippen LogP contribution in [0.15, 0.2) is 87.1 Å². The molecule has 0 bridgehead atoms. The first-order valence-electron chi connectivity index (χ1n) is 21.8. The zero-order valence-electron chi connectivity index (χ0n) is 36.0. The summed E-state index contributed by atoms with van der Waals surface area (Å²) in [7, 11) is -12.2. The Balaban J connectivity index is 0.000000421. The van der Waals surface area contributed by atoms with E-state index in [0.717, 1.165) is 67.1 Å². The van der Waals surface area contributed by atoms with Crippen LogP contribution in [0.2, 0.25) is 0 Å². The van der Waals surface area contributed by atoms with Crippen molar-refractivity contribution >= 4 is 37.4 Å². The van der Waals surface area contributed by atoms with Gasteiger partial charge in [0.15, 0.2) is 20.2 Å². The molecule has 1 saturated heterocycles. The number of aliphatic imine (C=N–C) groups is 3. The van der Waals surface area contributed by atoms with Crippen LogP contribution in [0.25, 0.3) is 0 Å².